The molecule has 0 aliphatic carbocycles. The average Bonchev–Trinajstić information content (AvgIpc) is 2.68. The first-order chi connectivity index (χ1) is 7.17. The van der Waals surface area contributed by atoms with Gasteiger partial charge in [0, 0.05) is 22.8 Å². The molecule has 0 spiro atoms. The zero-order chi connectivity index (χ0) is 11.3. The Bertz CT molecular complexity index is 320. The van der Waals surface area contributed by atoms with Crippen molar-refractivity contribution in [2.75, 3.05) is 6.61 Å². The predicted octanol–water partition coefficient (Wildman–Crippen LogP) is 1.31. The van der Waals surface area contributed by atoms with Crippen LogP contribution in [0.3, 0.4) is 0 Å². The van der Waals surface area contributed by atoms with E-state index in [0.29, 0.717) is 12.1 Å². The number of aliphatic hydroxyl groups excluding tert-OH is 1. The summed E-state index contributed by atoms with van der Waals surface area (Å²) < 4.78 is 0. The highest BCUT2D eigenvalue weighted by Crippen LogP contribution is 2.14. The molecule has 0 fully saturated rings. The molecule has 1 unspecified atom stereocenters. The van der Waals surface area contributed by atoms with Crippen LogP contribution in [0.1, 0.15) is 28.6 Å². The lowest BCUT2D eigenvalue weighted by molar-refractivity contribution is 0.0697. The third kappa shape index (κ3) is 3.62. The topological polar surface area (TPSA) is 69.6 Å². The molecule has 5 heteroatoms. The molecule has 1 atom stereocenters. The number of aliphatic hydroxyl groups is 1. The summed E-state index contributed by atoms with van der Waals surface area (Å²) in [6.07, 6.45) is 0.855. The molecular weight excluding hydrogens is 214 g/mol. The lowest BCUT2D eigenvalue weighted by Gasteiger charge is -2.12. The van der Waals surface area contributed by atoms with Crippen molar-refractivity contribution in [2.45, 2.75) is 25.9 Å². The van der Waals surface area contributed by atoms with Gasteiger partial charge in [0.1, 0.15) is 0 Å². The maximum absolute atomic E-state index is 10.6. The molecule has 0 saturated heterocycles. The number of aromatic carboxylic acids is 1. The van der Waals surface area contributed by atoms with Crippen LogP contribution in [0, 0.1) is 0 Å². The van der Waals surface area contributed by atoms with Crippen LogP contribution in [0.4, 0.5) is 0 Å². The number of carboxylic acid groups (broad SMARTS) is 1. The second-order valence-corrected chi connectivity index (χ2v) is 4.27. The fourth-order valence-electron chi connectivity index (χ4n) is 1.17. The summed E-state index contributed by atoms with van der Waals surface area (Å²) in [4.78, 5) is 11.6. The van der Waals surface area contributed by atoms with E-state index in [9.17, 15) is 4.79 Å². The maximum Gasteiger partial charge on any atom is 0.336 e. The van der Waals surface area contributed by atoms with Crippen molar-refractivity contribution in [2.24, 2.45) is 0 Å². The molecule has 3 N–H and O–H groups in total. The number of carbonyl (C=O) groups is 1. The van der Waals surface area contributed by atoms with Crippen molar-refractivity contribution in [3.8, 4) is 0 Å². The van der Waals surface area contributed by atoms with E-state index in [1.807, 2.05) is 6.92 Å². The van der Waals surface area contributed by atoms with E-state index in [4.69, 9.17) is 10.2 Å². The van der Waals surface area contributed by atoms with Crippen LogP contribution < -0.4 is 5.32 Å². The molecule has 0 bridgehead atoms. The third-order valence-electron chi connectivity index (χ3n) is 2.18. The van der Waals surface area contributed by atoms with Crippen LogP contribution in [-0.2, 0) is 6.54 Å². The zero-order valence-corrected chi connectivity index (χ0v) is 9.38. The lowest BCUT2D eigenvalue weighted by atomic mass is 10.2. The molecule has 0 aliphatic rings. The fraction of sp³-hybridized carbons (Fsp3) is 0.500. The molecule has 0 aliphatic heterocycles. The number of hydrogen-bond acceptors (Lipinski definition) is 4. The van der Waals surface area contributed by atoms with Gasteiger partial charge in [0.25, 0.3) is 0 Å². The van der Waals surface area contributed by atoms with E-state index in [-0.39, 0.29) is 12.6 Å². The summed E-state index contributed by atoms with van der Waals surface area (Å²) in [5.41, 5.74) is 0.328. The fourth-order valence-corrected chi connectivity index (χ4v) is 1.98. The largest absolute Gasteiger partial charge is 0.478 e. The Kier molecular flexibility index (Phi) is 4.74. The van der Waals surface area contributed by atoms with Gasteiger partial charge in [0.15, 0.2) is 0 Å². The molecule has 84 valence electrons. The number of carboxylic acids is 1. The van der Waals surface area contributed by atoms with E-state index in [1.165, 1.54) is 11.3 Å². The average molecular weight is 229 g/mol. The molecule has 1 aromatic heterocycles. The van der Waals surface area contributed by atoms with E-state index >= 15 is 0 Å². The van der Waals surface area contributed by atoms with E-state index < -0.39 is 5.97 Å². The SMILES string of the molecule is CCC(CO)NCc1cc(C(=O)O)cs1. The number of hydrogen-bond donors (Lipinski definition) is 3. The molecule has 0 amide bonds. The van der Waals surface area contributed by atoms with Gasteiger partial charge in [-0.3, -0.25) is 0 Å². The lowest BCUT2D eigenvalue weighted by Crippen LogP contribution is -2.30. The minimum absolute atomic E-state index is 0.0837. The van der Waals surface area contributed by atoms with Crippen LogP contribution in [0.5, 0.6) is 0 Å². The predicted molar refractivity (Wildman–Crippen MR) is 59.3 cm³/mol. The Morgan fingerprint density at radius 2 is 2.40 bits per heavy atom. The van der Waals surface area contributed by atoms with Gasteiger partial charge < -0.3 is 15.5 Å². The van der Waals surface area contributed by atoms with Crippen LogP contribution in [0.15, 0.2) is 11.4 Å². The zero-order valence-electron chi connectivity index (χ0n) is 8.56. The standard InChI is InChI=1S/C10H15NO3S/c1-2-8(5-12)11-4-9-3-7(6-15-9)10(13)14/h3,6,8,11-12H,2,4-5H2,1H3,(H,13,14). The Balaban J connectivity index is 2.47. The van der Waals surface area contributed by atoms with E-state index in [2.05, 4.69) is 5.32 Å². The second kappa shape index (κ2) is 5.85. The summed E-state index contributed by atoms with van der Waals surface area (Å²) >= 11 is 1.42. The molecule has 0 aromatic carbocycles. The molecule has 0 saturated carbocycles. The normalized spacial score (nSPS) is 12.7. The van der Waals surface area contributed by atoms with Crippen LogP contribution in [0.25, 0.3) is 0 Å². The Morgan fingerprint density at radius 1 is 1.67 bits per heavy atom. The van der Waals surface area contributed by atoms with Crippen LogP contribution >= 0.6 is 11.3 Å². The minimum atomic E-state index is -0.897. The van der Waals surface area contributed by atoms with E-state index in [0.717, 1.165) is 11.3 Å². The van der Waals surface area contributed by atoms with Gasteiger partial charge in [-0.25, -0.2) is 4.79 Å². The van der Waals surface area contributed by atoms with Gasteiger partial charge in [-0.2, -0.15) is 0 Å². The smallest absolute Gasteiger partial charge is 0.336 e. The summed E-state index contributed by atoms with van der Waals surface area (Å²) in [6.45, 7) is 2.70. The van der Waals surface area contributed by atoms with Crippen molar-refractivity contribution >= 4 is 17.3 Å². The van der Waals surface area contributed by atoms with Crippen molar-refractivity contribution in [3.05, 3.63) is 21.9 Å². The minimum Gasteiger partial charge on any atom is -0.478 e. The molecule has 4 nitrogen and oxygen atoms in total. The summed E-state index contributed by atoms with van der Waals surface area (Å²) in [5, 5.41) is 22.4. The quantitative estimate of drug-likeness (QED) is 0.688. The van der Waals surface area contributed by atoms with Gasteiger partial charge in [0.05, 0.1) is 12.2 Å². The maximum atomic E-state index is 10.6. The van der Waals surface area contributed by atoms with Crippen LogP contribution in [0.2, 0.25) is 0 Å². The van der Waals surface area contributed by atoms with Crippen LogP contribution in [-0.4, -0.2) is 28.8 Å². The van der Waals surface area contributed by atoms with Gasteiger partial charge in [-0.1, -0.05) is 6.92 Å². The Morgan fingerprint density at radius 3 is 2.87 bits per heavy atom. The highest BCUT2D eigenvalue weighted by atomic mass is 32.1. The van der Waals surface area contributed by atoms with Crippen molar-refractivity contribution in [1.82, 2.24) is 5.32 Å². The number of thiophene rings is 1. The highest BCUT2D eigenvalue weighted by molar-refractivity contribution is 7.10. The summed E-state index contributed by atoms with van der Waals surface area (Å²) in [7, 11) is 0. The van der Waals surface area contributed by atoms with Gasteiger partial charge >= 0.3 is 5.97 Å². The molecular formula is C10H15NO3S. The van der Waals surface area contributed by atoms with E-state index in [1.54, 1.807) is 11.4 Å². The summed E-state index contributed by atoms with van der Waals surface area (Å²) in [5.74, 6) is -0.897. The van der Waals surface area contributed by atoms with Crippen molar-refractivity contribution < 1.29 is 15.0 Å². The van der Waals surface area contributed by atoms with Gasteiger partial charge in [-0.05, 0) is 12.5 Å². The Labute approximate surface area is 92.6 Å². The third-order valence-corrected chi connectivity index (χ3v) is 3.12. The first-order valence-electron chi connectivity index (χ1n) is 4.82. The van der Waals surface area contributed by atoms with Gasteiger partial charge in [-0.15, -0.1) is 11.3 Å². The Hall–Kier alpha value is -0.910. The molecule has 0 radical (unpaired) electrons. The number of nitrogens with one attached hydrogen (secondary N) is 1. The molecule has 1 rings (SSSR count). The first-order valence-corrected chi connectivity index (χ1v) is 5.70. The van der Waals surface area contributed by atoms with Gasteiger partial charge in [0.2, 0.25) is 0 Å². The molecule has 1 heterocycles. The first kappa shape index (κ1) is 12.2. The molecule has 1 aromatic rings. The van der Waals surface area contributed by atoms with Crippen molar-refractivity contribution in [1.29, 1.82) is 0 Å². The van der Waals surface area contributed by atoms with Crippen molar-refractivity contribution in [3.63, 3.8) is 0 Å². The monoisotopic (exact) mass is 229 g/mol. The molecule has 15 heavy (non-hydrogen) atoms. The summed E-state index contributed by atoms with van der Waals surface area (Å²) in [6, 6.07) is 1.74. The number of rotatable bonds is 6. The second-order valence-electron chi connectivity index (χ2n) is 3.28. The highest BCUT2D eigenvalue weighted by Gasteiger charge is 2.08.